The molecule has 2 heterocycles. The smallest absolute Gasteiger partial charge is 0.270 e. The first-order valence-electron chi connectivity index (χ1n) is 6.05. The van der Waals surface area contributed by atoms with Gasteiger partial charge in [-0.3, -0.25) is 10.1 Å². The molecule has 0 aliphatic carbocycles. The quantitative estimate of drug-likeness (QED) is 0.498. The SMILES string of the molecule is O=[N+]([O-])c1ccc(N2CC3CNCC3C2)c(I)c1. The Morgan fingerprint density at radius 3 is 2.56 bits per heavy atom. The molecule has 0 saturated carbocycles. The third-order valence-corrected chi connectivity index (χ3v) is 4.74. The third kappa shape index (κ3) is 2.07. The summed E-state index contributed by atoms with van der Waals surface area (Å²) in [5, 5.41) is 14.1. The number of fused-ring (bicyclic) bond motifs is 1. The molecule has 6 heteroatoms. The number of anilines is 1. The van der Waals surface area contributed by atoms with Gasteiger partial charge in [-0.2, -0.15) is 0 Å². The van der Waals surface area contributed by atoms with Crippen molar-refractivity contribution in [1.82, 2.24) is 5.32 Å². The molecule has 2 fully saturated rings. The van der Waals surface area contributed by atoms with E-state index >= 15 is 0 Å². The predicted octanol–water partition coefficient (Wildman–Crippen LogP) is 1.85. The van der Waals surface area contributed by atoms with Crippen LogP contribution in [0.4, 0.5) is 11.4 Å². The molecule has 3 rings (SSSR count). The summed E-state index contributed by atoms with van der Waals surface area (Å²) in [4.78, 5) is 12.7. The number of hydrogen-bond donors (Lipinski definition) is 1. The Morgan fingerprint density at radius 1 is 1.33 bits per heavy atom. The third-order valence-electron chi connectivity index (χ3n) is 3.87. The van der Waals surface area contributed by atoms with Crippen molar-refractivity contribution < 1.29 is 4.92 Å². The largest absolute Gasteiger partial charge is 0.370 e. The van der Waals surface area contributed by atoms with E-state index in [4.69, 9.17) is 0 Å². The van der Waals surface area contributed by atoms with Crippen molar-refractivity contribution in [1.29, 1.82) is 0 Å². The van der Waals surface area contributed by atoms with Crippen LogP contribution < -0.4 is 10.2 Å². The molecule has 2 aliphatic rings. The molecular formula is C12H14IN3O2. The fraction of sp³-hybridized carbons (Fsp3) is 0.500. The van der Waals surface area contributed by atoms with Gasteiger partial charge in [0.2, 0.25) is 0 Å². The highest BCUT2D eigenvalue weighted by Gasteiger charge is 2.36. The highest BCUT2D eigenvalue weighted by atomic mass is 127. The van der Waals surface area contributed by atoms with Crippen molar-refractivity contribution >= 4 is 34.0 Å². The number of hydrogen-bond acceptors (Lipinski definition) is 4. The summed E-state index contributed by atoms with van der Waals surface area (Å²) in [7, 11) is 0. The first kappa shape index (κ1) is 12.2. The monoisotopic (exact) mass is 359 g/mol. The number of benzene rings is 1. The van der Waals surface area contributed by atoms with Gasteiger partial charge >= 0.3 is 0 Å². The first-order chi connectivity index (χ1) is 8.65. The second-order valence-electron chi connectivity index (χ2n) is 4.98. The van der Waals surface area contributed by atoms with Crippen LogP contribution in [0.1, 0.15) is 0 Å². The molecule has 0 radical (unpaired) electrons. The van der Waals surface area contributed by atoms with Crippen molar-refractivity contribution in [2.45, 2.75) is 0 Å². The molecule has 0 aromatic heterocycles. The molecule has 2 aliphatic heterocycles. The molecule has 1 N–H and O–H groups in total. The van der Waals surface area contributed by atoms with Crippen molar-refractivity contribution in [3.8, 4) is 0 Å². The molecule has 1 aromatic carbocycles. The normalized spacial score (nSPS) is 26.4. The van der Waals surface area contributed by atoms with Gasteiger partial charge in [0.25, 0.3) is 5.69 Å². The maximum absolute atomic E-state index is 10.7. The molecule has 2 saturated heterocycles. The lowest BCUT2D eigenvalue weighted by Gasteiger charge is -2.21. The van der Waals surface area contributed by atoms with Crippen LogP contribution in [0.5, 0.6) is 0 Å². The van der Waals surface area contributed by atoms with Crippen molar-refractivity contribution in [2.75, 3.05) is 31.1 Å². The van der Waals surface area contributed by atoms with E-state index in [1.54, 1.807) is 12.1 Å². The highest BCUT2D eigenvalue weighted by molar-refractivity contribution is 14.1. The summed E-state index contributed by atoms with van der Waals surface area (Å²) in [6, 6.07) is 5.14. The topological polar surface area (TPSA) is 58.4 Å². The van der Waals surface area contributed by atoms with E-state index in [2.05, 4.69) is 32.8 Å². The van der Waals surface area contributed by atoms with Crippen LogP contribution in [0.3, 0.4) is 0 Å². The number of rotatable bonds is 2. The standard InChI is InChI=1S/C12H14IN3O2/c13-11-3-10(16(17)18)1-2-12(11)15-6-8-4-14-5-9(8)7-15/h1-3,8-9,14H,4-7H2. The van der Waals surface area contributed by atoms with Gasteiger partial charge in [-0.15, -0.1) is 0 Å². The lowest BCUT2D eigenvalue weighted by molar-refractivity contribution is -0.384. The molecule has 0 spiro atoms. The number of nitrogens with zero attached hydrogens (tertiary/aromatic N) is 2. The molecule has 0 amide bonds. The zero-order valence-corrected chi connectivity index (χ0v) is 12.0. The van der Waals surface area contributed by atoms with Gasteiger partial charge in [0.15, 0.2) is 0 Å². The van der Waals surface area contributed by atoms with Gasteiger partial charge in [0.05, 0.1) is 10.6 Å². The Kier molecular flexibility index (Phi) is 3.14. The van der Waals surface area contributed by atoms with Gasteiger partial charge in [-0.1, -0.05) is 0 Å². The molecule has 96 valence electrons. The Bertz CT molecular complexity index is 482. The number of non-ortho nitro benzene ring substituents is 1. The molecule has 1 aromatic rings. The van der Waals surface area contributed by atoms with E-state index in [9.17, 15) is 10.1 Å². The highest BCUT2D eigenvalue weighted by Crippen LogP contribution is 2.34. The second kappa shape index (κ2) is 4.65. The average molecular weight is 359 g/mol. The molecule has 2 atom stereocenters. The van der Waals surface area contributed by atoms with Crippen LogP contribution in [0.2, 0.25) is 0 Å². The van der Waals surface area contributed by atoms with E-state index in [0.717, 1.165) is 47.3 Å². The van der Waals surface area contributed by atoms with E-state index in [1.807, 2.05) is 6.07 Å². The number of nitro benzene ring substituents is 1. The van der Waals surface area contributed by atoms with Gasteiger partial charge in [0, 0.05) is 41.9 Å². The van der Waals surface area contributed by atoms with Gasteiger partial charge in [-0.25, -0.2) is 0 Å². The Labute approximate surface area is 119 Å². The fourth-order valence-electron chi connectivity index (χ4n) is 2.92. The van der Waals surface area contributed by atoms with Crippen molar-refractivity contribution in [3.63, 3.8) is 0 Å². The average Bonchev–Trinajstić information content (AvgIpc) is 2.88. The van der Waals surface area contributed by atoms with Gasteiger partial charge < -0.3 is 10.2 Å². The molecule has 0 bridgehead atoms. The van der Waals surface area contributed by atoms with Crippen molar-refractivity contribution in [2.24, 2.45) is 11.8 Å². The second-order valence-corrected chi connectivity index (χ2v) is 6.14. The minimum Gasteiger partial charge on any atom is -0.370 e. The van der Waals surface area contributed by atoms with Crippen LogP contribution in [0, 0.1) is 25.5 Å². The zero-order valence-electron chi connectivity index (χ0n) is 9.80. The fourth-order valence-corrected chi connectivity index (χ4v) is 3.76. The van der Waals surface area contributed by atoms with Crippen LogP contribution >= 0.6 is 22.6 Å². The van der Waals surface area contributed by atoms with E-state index < -0.39 is 0 Å². The predicted molar refractivity (Wildman–Crippen MR) is 77.9 cm³/mol. The number of halogens is 1. The van der Waals surface area contributed by atoms with Crippen molar-refractivity contribution in [3.05, 3.63) is 31.9 Å². The zero-order chi connectivity index (χ0) is 12.7. The van der Waals surface area contributed by atoms with Gasteiger partial charge in [0.1, 0.15) is 0 Å². The van der Waals surface area contributed by atoms with Gasteiger partial charge in [-0.05, 0) is 40.5 Å². The van der Waals surface area contributed by atoms with E-state index in [0.29, 0.717) is 0 Å². The first-order valence-corrected chi connectivity index (χ1v) is 7.12. The van der Waals surface area contributed by atoms with Crippen LogP contribution in [-0.4, -0.2) is 31.1 Å². The summed E-state index contributed by atoms with van der Waals surface area (Å²) in [6.07, 6.45) is 0. The van der Waals surface area contributed by atoms with Crippen LogP contribution in [-0.2, 0) is 0 Å². The summed E-state index contributed by atoms with van der Waals surface area (Å²) in [6.45, 7) is 4.33. The van der Waals surface area contributed by atoms with Crippen LogP contribution in [0.15, 0.2) is 18.2 Å². The number of nitro groups is 1. The Hall–Kier alpha value is -0.890. The lowest BCUT2D eigenvalue weighted by Crippen LogP contribution is -2.26. The number of nitrogens with one attached hydrogen (secondary N) is 1. The van der Waals surface area contributed by atoms with E-state index in [1.165, 1.54) is 0 Å². The minimum atomic E-state index is -0.339. The lowest BCUT2D eigenvalue weighted by atomic mass is 10.0. The Balaban J connectivity index is 1.83. The summed E-state index contributed by atoms with van der Waals surface area (Å²) in [5.41, 5.74) is 1.31. The maximum Gasteiger partial charge on any atom is 0.270 e. The summed E-state index contributed by atoms with van der Waals surface area (Å²) >= 11 is 2.19. The van der Waals surface area contributed by atoms with Crippen LogP contribution in [0.25, 0.3) is 0 Å². The maximum atomic E-state index is 10.7. The molecule has 18 heavy (non-hydrogen) atoms. The van der Waals surface area contributed by atoms with E-state index in [-0.39, 0.29) is 10.6 Å². The molecular weight excluding hydrogens is 345 g/mol. The summed E-state index contributed by atoms with van der Waals surface area (Å²) in [5.74, 6) is 1.46. The Morgan fingerprint density at radius 2 is 2.00 bits per heavy atom. The molecule has 2 unspecified atom stereocenters. The minimum absolute atomic E-state index is 0.171. The summed E-state index contributed by atoms with van der Waals surface area (Å²) < 4.78 is 0.967. The molecule has 5 nitrogen and oxygen atoms in total.